The Morgan fingerprint density at radius 1 is 1.33 bits per heavy atom. The second kappa shape index (κ2) is 6.07. The van der Waals surface area contributed by atoms with Gasteiger partial charge in [-0.05, 0) is 37.5 Å². The van der Waals surface area contributed by atoms with Gasteiger partial charge in [-0.1, -0.05) is 11.2 Å². The van der Waals surface area contributed by atoms with Gasteiger partial charge in [-0.25, -0.2) is 4.79 Å². The Labute approximate surface area is 139 Å². The molecule has 2 aromatic rings. The number of fused-ring (bicyclic) bond motifs is 1. The number of nitrogens with zero attached hydrogens (tertiary/aromatic N) is 2. The Kier molecular flexibility index (Phi) is 3.76. The molecule has 2 amide bonds. The van der Waals surface area contributed by atoms with Gasteiger partial charge in [-0.15, -0.1) is 0 Å². The lowest BCUT2D eigenvalue weighted by Crippen LogP contribution is -2.39. The molecule has 24 heavy (non-hydrogen) atoms. The molecule has 7 heteroatoms. The number of urea groups is 1. The first-order valence-electron chi connectivity index (χ1n) is 8.07. The van der Waals surface area contributed by atoms with E-state index in [0.29, 0.717) is 6.54 Å². The molecule has 1 fully saturated rings. The number of rotatable bonds is 3. The summed E-state index contributed by atoms with van der Waals surface area (Å²) in [5, 5.41) is 7.03. The van der Waals surface area contributed by atoms with Crippen molar-refractivity contribution in [1.29, 1.82) is 0 Å². The van der Waals surface area contributed by atoms with Crippen LogP contribution in [0.3, 0.4) is 0 Å². The summed E-state index contributed by atoms with van der Waals surface area (Å²) in [5.74, 6) is 2.22. The van der Waals surface area contributed by atoms with Crippen molar-refractivity contribution in [3.63, 3.8) is 0 Å². The zero-order chi connectivity index (χ0) is 16.5. The normalized spacial score (nSPS) is 18.9. The molecule has 2 aliphatic rings. The summed E-state index contributed by atoms with van der Waals surface area (Å²) in [6, 6.07) is 7.48. The van der Waals surface area contributed by atoms with E-state index in [1.165, 1.54) is 0 Å². The third kappa shape index (κ3) is 2.77. The van der Waals surface area contributed by atoms with E-state index in [9.17, 15) is 4.79 Å². The van der Waals surface area contributed by atoms with Crippen LogP contribution in [0.2, 0.25) is 0 Å². The van der Waals surface area contributed by atoms with Crippen molar-refractivity contribution in [3.05, 3.63) is 41.3 Å². The first-order valence-corrected chi connectivity index (χ1v) is 8.07. The van der Waals surface area contributed by atoms with Gasteiger partial charge in [0, 0.05) is 19.2 Å². The summed E-state index contributed by atoms with van der Waals surface area (Å²) in [6.45, 7) is 3.27. The molecule has 1 N–H and O–H groups in total. The zero-order valence-electron chi connectivity index (χ0n) is 13.4. The van der Waals surface area contributed by atoms with E-state index in [2.05, 4.69) is 10.5 Å². The molecule has 1 aromatic heterocycles. The van der Waals surface area contributed by atoms with E-state index in [1.807, 2.05) is 36.1 Å². The quantitative estimate of drug-likeness (QED) is 0.937. The van der Waals surface area contributed by atoms with Crippen molar-refractivity contribution >= 4 is 6.03 Å². The topological polar surface area (TPSA) is 76.8 Å². The number of hydrogen-bond acceptors (Lipinski definition) is 5. The molecule has 0 bridgehead atoms. The SMILES string of the molecule is Cc1cc(C2CCCN2C(=O)NCc2ccc3c(c2)OCO3)no1. The number of likely N-dealkylation sites (tertiary alicyclic amines) is 1. The van der Waals surface area contributed by atoms with Crippen LogP contribution < -0.4 is 14.8 Å². The van der Waals surface area contributed by atoms with Crippen molar-refractivity contribution < 1.29 is 18.8 Å². The summed E-state index contributed by atoms with van der Waals surface area (Å²) in [4.78, 5) is 14.4. The minimum Gasteiger partial charge on any atom is -0.454 e. The van der Waals surface area contributed by atoms with Crippen molar-refractivity contribution in [2.24, 2.45) is 0 Å². The number of carbonyl (C=O) groups is 1. The third-order valence-electron chi connectivity index (χ3n) is 4.38. The largest absolute Gasteiger partial charge is 0.454 e. The van der Waals surface area contributed by atoms with Gasteiger partial charge in [0.1, 0.15) is 11.5 Å². The van der Waals surface area contributed by atoms with E-state index < -0.39 is 0 Å². The summed E-state index contributed by atoms with van der Waals surface area (Å²) < 4.78 is 15.8. The molecule has 0 aliphatic carbocycles. The Morgan fingerprint density at radius 2 is 2.21 bits per heavy atom. The highest BCUT2D eigenvalue weighted by atomic mass is 16.7. The minimum absolute atomic E-state index is 0.0146. The molecular weight excluding hydrogens is 310 g/mol. The molecule has 1 unspecified atom stereocenters. The number of carbonyl (C=O) groups excluding carboxylic acids is 1. The Balaban J connectivity index is 1.40. The molecule has 2 aliphatic heterocycles. The van der Waals surface area contributed by atoms with Crippen LogP contribution in [-0.4, -0.2) is 29.4 Å². The molecular formula is C17H19N3O4. The van der Waals surface area contributed by atoms with Gasteiger partial charge in [0.05, 0.1) is 6.04 Å². The number of benzene rings is 1. The average Bonchev–Trinajstić information content (AvgIpc) is 3.31. The average molecular weight is 329 g/mol. The molecule has 126 valence electrons. The predicted octanol–water partition coefficient (Wildman–Crippen LogP) is 2.76. The monoisotopic (exact) mass is 329 g/mol. The first-order chi connectivity index (χ1) is 11.7. The molecule has 1 saturated heterocycles. The lowest BCUT2D eigenvalue weighted by molar-refractivity contribution is 0.174. The lowest BCUT2D eigenvalue weighted by atomic mass is 10.1. The highest BCUT2D eigenvalue weighted by Crippen LogP contribution is 2.33. The van der Waals surface area contributed by atoms with E-state index in [1.54, 1.807) is 0 Å². The number of hydrogen-bond donors (Lipinski definition) is 1. The fourth-order valence-electron chi connectivity index (χ4n) is 3.19. The number of amides is 2. The second-order valence-electron chi connectivity index (χ2n) is 6.06. The molecule has 1 atom stereocenters. The second-order valence-corrected chi connectivity index (χ2v) is 6.06. The number of ether oxygens (including phenoxy) is 2. The fourth-order valence-corrected chi connectivity index (χ4v) is 3.19. The molecule has 7 nitrogen and oxygen atoms in total. The number of aromatic nitrogens is 1. The maximum Gasteiger partial charge on any atom is 0.318 e. The molecule has 0 radical (unpaired) electrons. The van der Waals surface area contributed by atoms with Gasteiger partial charge in [0.2, 0.25) is 6.79 Å². The minimum atomic E-state index is -0.0872. The predicted molar refractivity (Wildman–Crippen MR) is 84.7 cm³/mol. The van der Waals surface area contributed by atoms with E-state index in [0.717, 1.165) is 47.9 Å². The fraction of sp³-hybridized carbons (Fsp3) is 0.412. The summed E-state index contributed by atoms with van der Waals surface area (Å²) in [7, 11) is 0. The number of aryl methyl sites for hydroxylation is 1. The van der Waals surface area contributed by atoms with Crippen molar-refractivity contribution in [3.8, 4) is 11.5 Å². The Morgan fingerprint density at radius 3 is 3.04 bits per heavy atom. The van der Waals surface area contributed by atoms with E-state index in [-0.39, 0.29) is 18.9 Å². The Hall–Kier alpha value is -2.70. The molecule has 0 saturated carbocycles. The van der Waals surface area contributed by atoms with Crippen LogP contribution in [0, 0.1) is 6.92 Å². The van der Waals surface area contributed by atoms with Crippen LogP contribution in [0.25, 0.3) is 0 Å². The smallest absolute Gasteiger partial charge is 0.318 e. The summed E-state index contributed by atoms with van der Waals surface area (Å²) in [5.41, 5.74) is 1.80. The van der Waals surface area contributed by atoms with Crippen molar-refractivity contribution in [2.75, 3.05) is 13.3 Å². The lowest BCUT2D eigenvalue weighted by Gasteiger charge is -2.23. The van der Waals surface area contributed by atoms with E-state index >= 15 is 0 Å². The highest BCUT2D eigenvalue weighted by Gasteiger charge is 2.32. The van der Waals surface area contributed by atoms with Crippen LogP contribution in [0.1, 0.15) is 35.9 Å². The molecule has 4 rings (SSSR count). The van der Waals surface area contributed by atoms with Gasteiger partial charge in [-0.3, -0.25) is 0 Å². The summed E-state index contributed by atoms with van der Waals surface area (Å²) >= 11 is 0. The maximum atomic E-state index is 12.5. The number of nitrogens with one attached hydrogen (secondary N) is 1. The van der Waals surface area contributed by atoms with Crippen LogP contribution in [-0.2, 0) is 6.54 Å². The zero-order valence-corrected chi connectivity index (χ0v) is 13.4. The van der Waals surface area contributed by atoms with E-state index in [4.69, 9.17) is 14.0 Å². The molecule has 3 heterocycles. The summed E-state index contributed by atoms with van der Waals surface area (Å²) in [6.07, 6.45) is 1.87. The van der Waals surface area contributed by atoms with Crippen molar-refractivity contribution in [2.45, 2.75) is 32.4 Å². The van der Waals surface area contributed by atoms with Crippen LogP contribution in [0.15, 0.2) is 28.8 Å². The van der Waals surface area contributed by atoms with Gasteiger partial charge < -0.3 is 24.2 Å². The maximum absolute atomic E-state index is 12.5. The molecule has 1 aromatic carbocycles. The van der Waals surface area contributed by atoms with Crippen LogP contribution >= 0.6 is 0 Å². The van der Waals surface area contributed by atoms with Crippen LogP contribution in [0.5, 0.6) is 11.5 Å². The van der Waals surface area contributed by atoms with Gasteiger partial charge in [0.15, 0.2) is 11.5 Å². The Bertz CT molecular complexity index is 758. The standard InChI is InChI=1S/C17H19N3O4/c1-11-7-13(19-24-11)14-3-2-6-20(14)17(21)18-9-12-4-5-15-16(8-12)23-10-22-15/h4-5,7-8,14H,2-3,6,9-10H2,1H3,(H,18,21). The third-order valence-corrected chi connectivity index (χ3v) is 4.38. The first kappa shape index (κ1) is 14.9. The van der Waals surface area contributed by atoms with Crippen LogP contribution in [0.4, 0.5) is 4.79 Å². The van der Waals surface area contributed by atoms with Gasteiger partial charge in [0.25, 0.3) is 0 Å². The van der Waals surface area contributed by atoms with Gasteiger partial charge >= 0.3 is 6.03 Å². The molecule has 0 spiro atoms. The highest BCUT2D eigenvalue weighted by molar-refractivity contribution is 5.75. The van der Waals surface area contributed by atoms with Gasteiger partial charge in [-0.2, -0.15) is 0 Å². The van der Waals surface area contributed by atoms with Crippen molar-refractivity contribution in [1.82, 2.24) is 15.4 Å².